The van der Waals surface area contributed by atoms with E-state index in [2.05, 4.69) is 84.9 Å². The second-order valence-electron chi connectivity index (χ2n) is 9.52. The normalized spacial score (nSPS) is 11.3. The summed E-state index contributed by atoms with van der Waals surface area (Å²) in [5.41, 5.74) is 6.00. The number of H-pyrrole nitrogens is 1. The molecule has 7 rings (SSSR count). The van der Waals surface area contributed by atoms with E-state index in [1.807, 2.05) is 61.5 Å². The van der Waals surface area contributed by atoms with Gasteiger partial charge in [0.25, 0.3) is 0 Å². The van der Waals surface area contributed by atoms with E-state index in [-0.39, 0.29) is 0 Å². The van der Waals surface area contributed by atoms with E-state index >= 15 is 0 Å². The number of aryl methyl sites for hydroxylation is 1. The van der Waals surface area contributed by atoms with Crippen molar-refractivity contribution in [3.8, 4) is 22.5 Å². The van der Waals surface area contributed by atoms with Gasteiger partial charge in [0.1, 0.15) is 21.9 Å². The Labute approximate surface area is 250 Å². The van der Waals surface area contributed by atoms with Crippen LogP contribution in [0, 0.1) is 6.92 Å². The summed E-state index contributed by atoms with van der Waals surface area (Å²) in [5.74, 6) is 1.45. The van der Waals surface area contributed by atoms with Crippen LogP contribution in [0.15, 0.2) is 129 Å². The SMILES string of the molecule is Cc1nc2c(Sc3ccccc3)nnc(Sc3ccccc3)c2n1Cc1ccccc1-c1ccccc1-c1nn[nH]n1. The van der Waals surface area contributed by atoms with Crippen molar-refractivity contribution in [2.75, 3.05) is 0 Å². The molecule has 0 fully saturated rings. The third-order valence-electron chi connectivity index (χ3n) is 6.86. The van der Waals surface area contributed by atoms with Gasteiger partial charge < -0.3 is 4.57 Å². The zero-order valence-electron chi connectivity index (χ0n) is 22.5. The lowest BCUT2D eigenvalue weighted by Crippen LogP contribution is -2.05. The molecule has 0 aliphatic rings. The Morgan fingerprint density at radius 1 is 0.643 bits per heavy atom. The molecule has 42 heavy (non-hydrogen) atoms. The second-order valence-corrected chi connectivity index (χ2v) is 11.6. The van der Waals surface area contributed by atoms with E-state index in [0.717, 1.165) is 59.0 Å². The maximum Gasteiger partial charge on any atom is 0.205 e. The predicted molar refractivity (Wildman–Crippen MR) is 165 cm³/mol. The first-order valence-electron chi connectivity index (χ1n) is 13.3. The number of tetrazole rings is 1. The van der Waals surface area contributed by atoms with Gasteiger partial charge in [-0.15, -0.1) is 20.4 Å². The molecular weight excluding hydrogens is 561 g/mol. The molecule has 0 atom stereocenters. The van der Waals surface area contributed by atoms with Crippen LogP contribution in [0.2, 0.25) is 0 Å². The summed E-state index contributed by atoms with van der Waals surface area (Å²) in [4.78, 5) is 7.25. The van der Waals surface area contributed by atoms with Crippen molar-refractivity contribution in [2.24, 2.45) is 0 Å². The fourth-order valence-electron chi connectivity index (χ4n) is 4.93. The van der Waals surface area contributed by atoms with Crippen LogP contribution in [-0.4, -0.2) is 40.4 Å². The van der Waals surface area contributed by atoms with Gasteiger partial charge in [-0.25, -0.2) is 4.98 Å². The first-order chi connectivity index (χ1) is 20.7. The summed E-state index contributed by atoms with van der Waals surface area (Å²) in [6.07, 6.45) is 0. The monoisotopic (exact) mass is 584 g/mol. The van der Waals surface area contributed by atoms with Crippen LogP contribution in [0.3, 0.4) is 0 Å². The number of aromatic amines is 1. The van der Waals surface area contributed by atoms with Crippen LogP contribution < -0.4 is 0 Å². The quantitative estimate of drug-likeness (QED) is 0.198. The summed E-state index contributed by atoms with van der Waals surface area (Å²) in [7, 11) is 0. The largest absolute Gasteiger partial charge is 0.321 e. The number of imidazole rings is 1. The molecule has 1 N–H and O–H groups in total. The lowest BCUT2D eigenvalue weighted by molar-refractivity contribution is 0.771. The summed E-state index contributed by atoms with van der Waals surface area (Å²) in [5, 5.41) is 25.9. The van der Waals surface area contributed by atoms with Crippen molar-refractivity contribution in [1.82, 2.24) is 40.4 Å². The van der Waals surface area contributed by atoms with Gasteiger partial charge in [0.15, 0.2) is 5.03 Å². The minimum Gasteiger partial charge on any atom is -0.321 e. The fraction of sp³-hybridized carbons (Fsp3) is 0.0625. The Bertz CT molecular complexity index is 1970. The van der Waals surface area contributed by atoms with E-state index in [9.17, 15) is 0 Å². The van der Waals surface area contributed by atoms with Crippen molar-refractivity contribution in [3.63, 3.8) is 0 Å². The van der Waals surface area contributed by atoms with Crippen LogP contribution in [0.25, 0.3) is 33.5 Å². The zero-order chi connectivity index (χ0) is 28.3. The Kier molecular flexibility index (Phi) is 7.21. The van der Waals surface area contributed by atoms with Crippen LogP contribution in [0.1, 0.15) is 11.4 Å². The molecule has 0 aliphatic heterocycles. The van der Waals surface area contributed by atoms with Crippen molar-refractivity contribution in [3.05, 3.63) is 121 Å². The summed E-state index contributed by atoms with van der Waals surface area (Å²) >= 11 is 3.18. The van der Waals surface area contributed by atoms with Crippen molar-refractivity contribution in [1.29, 1.82) is 0 Å². The Morgan fingerprint density at radius 2 is 1.24 bits per heavy atom. The highest BCUT2D eigenvalue weighted by Crippen LogP contribution is 2.39. The number of rotatable bonds is 8. The molecule has 3 heterocycles. The molecule has 8 nitrogen and oxygen atoms in total. The first-order valence-corrected chi connectivity index (χ1v) is 15.0. The number of nitrogens with one attached hydrogen (secondary N) is 1. The molecule has 0 spiro atoms. The molecule has 0 saturated carbocycles. The Morgan fingerprint density at radius 3 is 1.93 bits per heavy atom. The minimum atomic E-state index is 0.559. The van der Waals surface area contributed by atoms with Gasteiger partial charge in [-0.05, 0) is 53.1 Å². The van der Waals surface area contributed by atoms with Crippen molar-refractivity contribution in [2.45, 2.75) is 33.3 Å². The highest BCUT2D eigenvalue weighted by atomic mass is 32.2. The van der Waals surface area contributed by atoms with Gasteiger partial charge in [-0.3, -0.25) is 0 Å². The molecule has 0 radical (unpaired) electrons. The van der Waals surface area contributed by atoms with Gasteiger partial charge >= 0.3 is 0 Å². The van der Waals surface area contributed by atoms with E-state index in [1.54, 1.807) is 23.5 Å². The van der Waals surface area contributed by atoms with Crippen LogP contribution >= 0.6 is 23.5 Å². The van der Waals surface area contributed by atoms with Gasteiger partial charge in [0.05, 0.1) is 6.54 Å². The number of hydrogen-bond acceptors (Lipinski definition) is 8. The number of fused-ring (bicyclic) bond motifs is 1. The molecule has 0 amide bonds. The van der Waals surface area contributed by atoms with Gasteiger partial charge in [0, 0.05) is 15.4 Å². The Balaban J connectivity index is 1.36. The molecule has 3 aromatic heterocycles. The van der Waals surface area contributed by atoms with Gasteiger partial charge in [-0.2, -0.15) is 5.21 Å². The average molecular weight is 585 g/mol. The molecule has 0 bridgehead atoms. The van der Waals surface area contributed by atoms with E-state index < -0.39 is 0 Å². The third-order valence-corrected chi connectivity index (χ3v) is 8.81. The molecule has 0 saturated heterocycles. The first kappa shape index (κ1) is 26.1. The van der Waals surface area contributed by atoms with Gasteiger partial charge in [-0.1, -0.05) is 108 Å². The van der Waals surface area contributed by atoms with Crippen molar-refractivity contribution >= 4 is 34.6 Å². The maximum absolute atomic E-state index is 5.06. The standard InChI is InChI=1S/C32H24N8S2/c1-21-33-28-29(32(42-24-15-6-3-7-16-24)37-36-31(28)41-23-13-4-2-5-14-23)40(21)20-22-12-8-9-17-25(22)26-18-10-11-19-27(26)30-34-38-39-35-30/h2-19H,20H2,1H3,(H,34,35,38,39). The average Bonchev–Trinajstić information content (AvgIpc) is 3.69. The smallest absolute Gasteiger partial charge is 0.205 e. The van der Waals surface area contributed by atoms with E-state index in [1.165, 1.54) is 0 Å². The molecular formula is C32H24N8S2. The van der Waals surface area contributed by atoms with Crippen LogP contribution in [0.5, 0.6) is 0 Å². The molecule has 204 valence electrons. The van der Waals surface area contributed by atoms with Crippen LogP contribution in [-0.2, 0) is 6.54 Å². The lowest BCUT2D eigenvalue weighted by atomic mass is 9.95. The number of aromatic nitrogens is 8. The predicted octanol–water partition coefficient (Wildman–Crippen LogP) is 7.33. The molecule has 4 aromatic carbocycles. The minimum absolute atomic E-state index is 0.559. The number of nitrogens with zero attached hydrogens (tertiary/aromatic N) is 7. The maximum atomic E-state index is 5.06. The third kappa shape index (κ3) is 5.17. The lowest BCUT2D eigenvalue weighted by Gasteiger charge is -2.15. The molecule has 0 unspecified atom stereocenters. The number of hydrogen-bond donors (Lipinski definition) is 1. The Hall–Kier alpha value is -4.80. The molecule has 0 aliphatic carbocycles. The molecule has 7 aromatic rings. The van der Waals surface area contributed by atoms with Gasteiger partial charge in [0.2, 0.25) is 5.82 Å². The second kappa shape index (κ2) is 11.6. The highest BCUT2D eigenvalue weighted by molar-refractivity contribution is 8.00. The summed E-state index contributed by atoms with van der Waals surface area (Å²) in [6.45, 7) is 2.65. The summed E-state index contributed by atoms with van der Waals surface area (Å²) < 4.78 is 2.25. The van der Waals surface area contributed by atoms with E-state index in [0.29, 0.717) is 12.4 Å². The topological polar surface area (TPSA) is 98.1 Å². The number of benzene rings is 4. The highest BCUT2D eigenvalue weighted by Gasteiger charge is 2.21. The van der Waals surface area contributed by atoms with Crippen molar-refractivity contribution < 1.29 is 0 Å². The van der Waals surface area contributed by atoms with E-state index in [4.69, 9.17) is 10.1 Å². The van der Waals surface area contributed by atoms with Crippen LogP contribution in [0.4, 0.5) is 0 Å². The summed E-state index contributed by atoms with van der Waals surface area (Å²) in [6, 6.07) is 37.0. The molecule has 10 heteroatoms. The fourth-order valence-corrected chi connectivity index (χ4v) is 6.67. The zero-order valence-corrected chi connectivity index (χ0v) is 24.2.